The maximum absolute atomic E-state index is 13.8. The second kappa shape index (κ2) is 12.8. The Morgan fingerprint density at radius 1 is 1.12 bits per heavy atom. The first kappa shape index (κ1) is 32.1. The molecule has 2 heterocycles. The minimum absolute atomic E-state index is 0.0516. The highest BCUT2D eigenvalue weighted by Crippen LogP contribution is 2.40. The summed E-state index contributed by atoms with van der Waals surface area (Å²) >= 11 is 1.30. The van der Waals surface area contributed by atoms with Gasteiger partial charge in [0.1, 0.15) is 17.4 Å². The van der Waals surface area contributed by atoms with Crippen LogP contribution >= 0.6 is 11.8 Å². The van der Waals surface area contributed by atoms with Crippen molar-refractivity contribution < 1.29 is 37.2 Å². The standard InChI is InChI=1S/C30H33F3N4O5S/c1-17-23(18(2)42-36-17)26(39)35-22(14-19-10-6-5-7-11-19)24(38)28(41)37-16-43-29(3,4)25(37)27(40)34-15-20-12-8-9-13-21(20)30(31,32)33/h5-13,22,24-25,38H,14-16H2,1-4H3,(H,34,40)(H,35,39)/t22?,24-,25+/m0/s1. The van der Waals surface area contributed by atoms with Gasteiger partial charge in [-0.25, -0.2) is 0 Å². The molecular weight excluding hydrogens is 585 g/mol. The number of benzene rings is 2. The van der Waals surface area contributed by atoms with Gasteiger partial charge in [-0.15, -0.1) is 11.8 Å². The van der Waals surface area contributed by atoms with Gasteiger partial charge in [-0.05, 0) is 51.3 Å². The molecule has 9 nitrogen and oxygen atoms in total. The van der Waals surface area contributed by atoms with Crippen molar-refractivity contribution in [3.63, 3.8) is 0 Å². The smallest absolute Gasteiger partial charge is 0.381 e. The summed E-state index contributed by atoms with van der Waals surface area (Å²) in [5.74, 6) is -1.72. The van der Waals surface area contributed by atoms with E-state index < -0.39 is 58.9 Å². The molecule has 3 N–H and O–H groups in total. The van der Waals surface area contributed by atoms with E-state index in [1.165, 1.54) is 34.9 Å². The number of aliphatic hydroxyl groups is 1. The van der Waals surface area contributed by atoms with Crippen LogP contribution in [-0.4, -0.2) is 61.7 Å². The van der Waals surface area contributed by atoms with Crippen molar-refractivity contribution in [3.8, 4) is 0 Å². The number of thioether (sulfide) groups is 1. The lowest BCUT2D eigenvalue weighted by Gasteiger charge is -2.33. The van der Waals surface area contributed by atoms with Gasteiger partial charge in [0.2, 0.25) is 5.91 Å². The highest BCUT2D eigenvalue weighted by Gasteiger charge is 2.50. The number of amides is 3. The molecule has 230 valence electrons. The number of carbonyl (C=O) groups is 3. The number of halogens is 3. The average Bonchev–Trinajstić information content (AvgIpc) is 3.47. The Labute approximate surface area is 251 Å². The molecular formula is C30H33F3N4O5S. The number of nitrogens with one attached hydrogen (secondary N) is 2. The molecule has 1 saturated heterocycles. The molecule has 0 radical (unpaired) electrons. The van der Waals surface area contributed by atoms with Crippen LogP contribution < -0.4 is 10.6 Å². The third-order valence-electron chi connectivity index (χ3n) is 7.36. The van der Waals surface area contributed by atoms with Gasteiger partial charge in [-0.3, -0.25) is 14.4 Å². The van der Waals surface area contributed by atoms with E-state index in [9.17, 15) is 32.7 Å². The first-order valence-corrected chi connectivity index (χ1v) is 14.5. The van der Waals surface area contributed by atoms with Crippen LogP contribution in [-0.2, 0) is 28.7 Å². The quantitative estimate of drug-likeness (QED) is 0.331. The molecule has 1 aliphatic heterocycles. The monoisotopic (exact) mass is 618 g/mol. The maximum atomic E-state index is 13.8. The fraction of sp³-hybridized carbons (Fsp3) is 0.400. The third-order valence-corrected chi connectivity index (χ3v) is 8.74. The number of rotatable bonds is 9. The zero-order chi connectivity index (χ0) is 31.5. The predicted octanol–water partition coefficient (Wildman–Crippen LogP) is 4.01. The molecule has 1 fully saturated rings. The Bertz CT molecular complexity index is 1460. The van der Waals surface area contributed by atoms with Crippen molar-refractivity contribution in [1.29, 1.82) is 0 Å². The Hall–Kier alpha value is -3.84. The number of alkyl halides is 3. The van der Waals surface area contributed by atoms with Gasteiger partial charge in [-0.1, -0.05) is 53.7 Å². The summed E-state index contributed by atoms with van der Waals surface area (Å²) < 4.78 is 44.7. The average molecular weight is 619 g/mol. The second-order valence-corrected chi connectivity index (χ2v) is 12.5. The van der Waals surface area contributed by atoms with Gasteiger partial charge in [-0.2, -0.15) is 13.2 Å². The summed E-state index contributed by atoms with van der Waals surface area (Å²) in [5, 5.41) is 20.5. The minimum atomic E-state index is -4.60. The third kappa shape index (κ3) is 7.21. The van der Waals surface area contributed by atoms with Gasteiger partial charge >= 0.3 is 6.18 Å². The summed E-state index contributed by atoms with van der Waals surface area (Å²) in [6.07, 6.45) is -6.25. The second-order valence-electron chi connectivity index (χ2n) is 10.9. The maximum Gasteiger partial charge on any atom is 0.416 e. The Balaban J connectivity index is 1.56. The molecule has 1 unspecified atom stereocenters. The first-order valence-electron chi connectivity index (χ1n) is 13.5. The molecule has 3 amide bonds. The Morgan fingerprint density at radius 3 is 2.40 bits per heavy atom. The van der Waals surface area contributed by atoms with Crippen LogP contribution in [0.5, 0.6) is 0 Å². The zero-order valence-electron chi connectivity index (χ0n) is 24.1. The van der Waals surface area contributed by atoms with Crippen LogP contribution in [0.4, 0.5) is 13.2 Å². The number of aryl methyl sites for hydroxylation is 2. The summed E-state index contributed by atoms with van der Waals surface area (Å²) in [5.41, 5.74) is 0.293. The van der Waals surface area contributed by atoms with Crippen LogP contribution in [0.3, 0.4) is 0 Å². The summed E-state index contributed by atoms with van der Waals surface area (Å²) in [7, 11) is 0. The van der Waals surface area contributed by atoms with E-state index >= 15 is 0 Å². The fourth-order valence-electron chi connectivity index (χ4n) is 5.14. The highest BCUT2D eigenvalue weighted by molar-refractivity contribution is 8.00. The summed E-state index contributed by atoms with van der Waals surface area (Å²) in [4.78, 5) is 41.6. The lowest BCUT2D eigenvalue weighted by molar-refractivity contribution is -0.147. The number of aliphatic hydroxyl groups excluding tert-OH is 1. The molecule has 2 aromatic carbocycles. The zero-order valence-corrected chi connectivity index (χ0v) is 24.9. The van der Waals surface area contributed by atoms with Gasteiger partial charge in [0.15, 0.2) is 6.10 Å². The molecule has 0 aliphatic carbocycles. The van der Waals surface area contributed by atoms with Crippen LogP contribution in [0.25, 0.3) is 0 Å². The van der Waals surface area contributed by atoms with Crippen molar-refractivity contribution in [2.24, 2.45) is 0 Å². The normalized spacial score (nSPS) is 17.8. The molecule has 13 heteroatoms. The van der Waals surface area contributed by atoms with E-state index in [4.69, 9.17) is 4.52 Å². The van der Waals surface area contributed by atoms with E-state index in [-0.39, 0.29) is 29.2 Å². The Kier molecular flexibility index (Phi) is 9.55. The number of hydrogen-bond donors (Lipinski definition) is 3. The molecule has 0 saturated carbocycles. The van der Waals surface area contributed by atoms with Crippen molar-refractivity contribution in [3.05, 3.63) is 88.3 Å². The molecule has 43 heavy (non-hydrogen) atoms. The molecule has 0 spiro atoms. The number of hydrogen-bond acceptors (Lipinski definition) is 7. The molecule has 4 rings (SSSR count). The largest absolute Gasteiger partial charge is 0.416 e. The fourth-order valence-corrected chi connectivity index (χ4v) is 6.28. The van der Waals surface area contributed by atoms with Gasteiger partial charge < -0.3 is 25.2 Å². The van der Waals surface area contributed by atoms with Gasteiger partial charge in [0, 0.05) is 11.3 Å². The van der Waals surface area contributed by atoms with E-state index in [1.807, 2.05) is 6.07 Å². The molecule has 1 aliphatic rings. The van der Waals surface area contributed by atoms with Crippen molar-refractivity contribution >= 4 is 29.5 Å². The Morgan fingerprint density at radius 2 is 1.77 bits per heavy atom. The van der Waals surface area contributed by atoms with E-state index in [2.05, 4.69) is 15.8 Å². The van der Waals surface area contributed by atoms with Crippen molar-refractivity contribution in [2.45, 2.75) is 69.8 Å². The van der Waals surface area contributed by atoms with Crippen LogP contribution in [0, 0.1) is 13.8 Å². The lowest BCUT2D eigenvalue weighted by atomic mass is 9.96. The van der Waals surface area contributed by atoms with Crippen molar-refractivity contribution in [1.82, 2.24) is 20.7 Å². The van der Waals surface area contributed by atoms with E-state index in [1.54, 1.807) is 52.0 Å². The molecule has 3 aromatic rings. The van der Waals surface area contributed by atoms with Gasteiger partial charge in [0.25, 0.3) is 11.8 Å². The first-order chi connectivity index (χ1) is 20.2. The SMILES string of the molecule is Cc1noc(C)c1C(=O)NC(Cc1ccccc1)[C@H](O)C(=O)N1CSC(C)(C)[C@H]1C(=O)NCc1ccccc1C(F)(F)F. The van der Waals surface area contributed by atoms with Crippen LogP contribution in [0.2, 0.25) is 0 Å². The van der Waals surface area contributed by atoms with Crippen LogP contribution in [0.1, 0.15) is 52.3 Å². The summed E-state index contributed by atoms with van der Waals surface area (Å²) in [6.45, 7) is 6.25. The van der Waals surface area contributed by atoms with Crippen molar-refractivity contribution in [2.75, 3.05) is 5.88 Å². The van der Waals surface area contributed by atoms with Gasteiger partial charge in [0.05, 0.1) is 23.2 Å². The molecule has 0 bridgehead atoms. The number of carbonyl (C=O) groups excluding carboxylic acids is 3. The predicted molar refractivity (Wildman–Crippen MR) is 154 cm³/mol. The highest BCUT2D eigenvalue weighted by atomic mass is 32.2. The molecule has 1 aromatic heterocycles. The van der Waals surface area contributed by atoms with E-state index in [0.717, 1.165) is 11.6 Å². The number of nitrogens with zero attached hydrogens (tertiary/aromatic N) is 2. The molecule has 3 atom stereocenters. The topological polar surface area (TPSA) is 125 Å². The lowest BCUT2D eigenvalue weighted by Crippen LogP contribution is -2.58. The summed E-state index contributed by atoms with van der Waals surface area (Å²) in [6, 6.07) is 11.7. The van der Waals surface area contributed by atoms with Crippen LogP contribution in [0.15, 0.2) is 59.1 Å². The minimum Gasteiger partial charge on any atom is -0.381 e. The van der Waals surface area contributed by atoms with E-state index in [0.29, 0.717) is 5.69 Å². The number of aromatic nitrogens is 1.